The van der Waals surface area contributed by atoms with E-state index >= 15 is 0 Å². The fourth-order valence-corrected chi connectivity index (χ4v) is 2.49. The van der Waals surface area contributed by atoms with Crippen LogP contribution in [0, 0.1) is 0 Å². The predicted molar refractivity (Wildman–Crippen MR) is 83.6 cm³/mol. The number of fused-ring (bicyclic) bond motifs is 3. The van der Waals surface area contributed by atoms with Gasteiger partial charge in [0.2, 0.25) is 0 Å². The van der Waals surface area contributed by atoms with Crippen molar-refractivity contribution in [1.82, 2.24) is 9.97 Å². The summed E-state index contributed by atoms with van der Waals surface area (Å²) in [7, 11) is 0. The summed E-state index contributed by atoms with van der Waals surface area (Å²) in [4.78, 5) is 19.3. The number of benzene rings is 1. The van der Waals surface area contributed by atoms with E-state index in [1.807, 2.05) is 0 Å². The highest BCUT2D eigenvalue weighted by molar-refractivity contribution is 6.08. The molecule has 0 saturated carbocycles. The maximum Gasteiger partial charge on any atom is 0.356 e. The molecule has 2 heterocycles. The van der Waals surface area contributed by atoms with Gasteiger partial charge in [0.1, 0.15) is 5.69 Å². The SMILES string of the molecule is CCOC(=O)c1cc2c(cn1)[nH]c1ccc(C(C)C)cc12. The van der Waals surface area contributed by atoms with Gasteiger partial charge in [-0.05, 0) is 36.6 Å². The normalized spacial score (nSPS) is 11.4. The number of nitrogens with one attached hydrogen (secondary N) is 1. The van der Waals surface area contributed by atoms with Crippen molar-refractivity contribution in [2.45, 2.75) is 26.7 Å². The Morgan fingerprint density at radius 3 is 2.71 bits per heavy atom. The van der Waals surface area contributed by atoms with Crippen LogP contribution in [-0.4, -0.2) is 22.5 Å². The van der Waals surface area contributed by atoms with Crippen LogP contribution in [-0.2, 0) is 4.74 Å². The monoisotopic (exact) mass is 282 g/mol. The molecular weight excluding hydrogens is 264 g/mol. The summed E-state index contributed by atoms with van der Waals surface area (Å²) < 4.78 is 5.02. The molecule has 3 rings (SSSR count). The van der Waals surface area contributed by atoms with Crippen LogP contribution in [0.15, 0.2) is 30.5 Å². The number of pyridine rings is 1. The summed E-state index contributed by atoms with van der Waals surface area (Å²) in [6.07, 6.45) is 1.69. The summed E-state index contributed by atoms with van der Waals surface area (Å²) in [5.41, 5.74) is 3.61. The zero-order valence-corrected chi connectivity index (χ0v) is 12.4. The quantitative estimate of drug-likeness (QED) is 0.738. The molecule has 3 aromatic rings. The van der Waals surface area contributed by atoms with E-state index in [0.717, 1.165) is 21.8 Å². The Bertz CT molecular complexity index is 818. The highest BCUT2D eigenvalue weighted by atomic mass is 16.5. The Hall–Kier alpha value is -2.36. The van der Waals surface area contributed by atoms with Gasteiger partial charge in [0, 0.05) is 16.3 Å². The average Bonchev–Trinajstić information content (AvgIpc) is 2.84. The first-order valence-corrected chi connectivity index (χ1v) is 7.18. The van der Waals surface area contributed by atoms with Gasteiger partial charge in [-0.25, -0.2) is 9.78 Å². The number of aromatic nitrogens is 2. The number of aromatic amines is 1. The first kappa shape index (κ1) is 13.6. The topological polar surface area (TPSA) is 55.0 Å². The van der Waals surface area contributed by atoms with Gasteiger partial charge in [0.25, 0.3) is 0 Å². The molecule has 2 aromatic heterocycles. The summed E-state index contributed by atoms with van der Waals surface area (Å²) in [5.74, 6) is 0.0829. The summed E-state index contributed by atoms with van der Waals surface area (Å²) in [6, 6.07) is 8.18. The molecule has 0 atom stereocenters. The molecule has 21 heavy (non-hydrogen) atoms. The van der Waals surface area contributed by atoms with Crippen LogP contribution in [0.1, 0.15) is 42.7 Å². The second kappa shape index (κ2) is 5.20. The lowest BCUT2D eigenvalue weighted by Crippen LogP contribution is -2.06. The molecule has 0 fully saturated rings. The largest absolute Gasteiger partial charge is 0.461 e. The standard InChI is InChI=1S/C17H18N2O2/c1-4-21-17(20)15-8-13-12-7-11(10(2)3)5-6-14(12)19-16(13)9-18-15/h5-10,19H,4H2,1-3H3. The molecule has 0 amide bonds. The molecule has 4 nitrogen and oxygen atoms in total. The number of ether oxygens (including phenoxy) is 1. The zero-order valence-electron chi connectivity index (χ0n) is 12.4. The second-order valence-electron chi connectivity index (χ2n) is 5.42. The number of nitrogens with zero attached hydrogens (tertiary/aromatic N) is 1. The third-order valence-electron chi connectivity index (χ3n) is 3.66. The first-order chi connectivity index (χ1) is 10.1. The van der Waals surface area contributed by atoms with Gasteiger partial charge >= 0.3 is 5.97 Å². The number of rotatable bonds is 3. The third-order valence-corrected chi connectivity index (χ3v) is 3.66. The summed E-state index contributed by atoms with van der Waals surface area (Å²) in [5, 5.41) is 2.12. The minimum atomic E-state index is -0.381. The molecule has 0 saturated heterocycles. The van der Waals surface area contributed by atoms with E-state index in [4.69, 9.17) is 4.74 Å². The summed E-state index contributed by atoms with van der Waals surface area (Å²) >= 11 is 0. The molecule has 0 aliphatic carbocycles. The Kier molecular flexibility index (Phi) is 3.37. The molecule has 4 heteroatoms. The van der Waals surface area contributed by atoms with Gasteiger partial charge in [0.15, 0.2) is 0 Å². The van der Waals surface area contributed by atoms with Crippen molar-refractivity contribution < 1.29 is 9.53 Å². The molecule has 0 aliphatic rings. The third kappa shape index (κ3) is 2.37. The van der Waals surface area contributed by atoms with Crippen molar-refractivity contribution in [2.24, 2.45) is 0 Å². The van der Waals surface area contributed by atoms with Crippen molar-refractivity contribution in [1.29, 1.82) is 0 Å². The minimum absolute atomic E-state index is 0.347. The first-order valence-electron chi connectivity index (χ1n) is 7.18. The molecule has 0 bridgehead atoms. The lowest BCUT2D eigenvalue weighted by atomic mass is 10.0. The molecule has 0 aliphatic heterocycles. The number of carbonyl (C=O) groups excluding carboxylic acids is 1. The highest BCUT2D eigenvalue weighted by Gasteiger charge is 2.12. The van der Waals surface area contributed by atoms with Crippen LogP contribution in [0.5, 0.6) is 0 Å². The highest BCUT2D eigenvalue weighted by Crippen LogP contribution is 2.28. The lowest BCUT2D eigenvalue weighted by molar-refractivity contribution is 0.0520. The Morgan fingerprint density at radius 2 is 2.00 bits per heavy atom. The maximum atomic E-state index is 11.8. The van der Waals surface area contributed by atoms with Crippen molar-refractivity contribution in [3.63, 3.8) is 0 Å². The van der Waals surface area contributed by atoms with E-state index in [9.17, 15) is 4.79 Å². The van der Waals surface area contributed by atoms with Gasteiger partial charge in [-0.2, -0.15) is 0 Å². The molecule has 0 radical (unpaired) electrons. The van der Waals surface area contributed by atoms with Gasteiger partial charge in [-0.1, -0.05) is 19.9 Å². The molecule has 1 aromatic carbocycles. The second-order valence-corrected chi connectivity index (χ2v) is 5.42. The van der Waals surface area contributed by atoms with Crippen LogP contribution >= 0.6 is 0 Å². The fourth-order valence-electron chi connectivity index (χ4n) is 2.49. The van der Waals surface area contributed by atoms with Gasteiger partial charge < -0.3 is 9.72 Å². The average molecular weight is 282 g/mol. The molecule has 0 unspecified atom stereocenters. The van der Waals surface area contributed by atoms with Gasteiger partial charge in [-0.15, -0.1) is 0 Å². The number of hydrogen-bond donors (Lipinski definition) is 1. The fraction of sp³-hybridized carbons (Fsp3) is 0.294. The van der Waals surface area contributed by atoms with Crippen LogP contribution in [0.25, 0.3) is 21.8 Å². The van der Waals surface area contributed by atoms with Crippen LogP contribution in [0.2, 0.25) is 0 Å². The molecular formula is C17H18N2O2. The van der Waals surface area contributed by atoms with E-state index in [1.165, 1.54) is 5.56 Å². The number of H-pyrrole nitrogens is 1. The lowest BCUT2D eigenvalue weighted by Gasteiger charge is -2.05. The van der Waals surface area contributed by atoms with Crippen LogP contribution in [0.4, 0.5) is 0 Å². The van der Waals surface area contributed by atoms with E-state index in [-0.39, 0.29) is 5.97 Å². The van der Waals surface area contributed by atoms with E-state index in [1.54, 1.807) is 19.2 Å². The Balaban J connectivity index is 2.20. The van der Waals surface area contributed by atoms with E-state index in [2.05, 4.69) is 42.0 Å². The van der Waals surface area contributed by atoms with Gasteiger partial charge in [-0.3, -0.25) is 0 Å². The van der Waals surface area contributed by atoms with Crippen molar-refractivity contribution in [2.75, 3.05) is 6.61 Å². The van der Waals surface area contributed by atoms with Crippen molar-refractivity contribution >= 4 is 27.8 Å². The number of hydrogen-bond acceptors (Lipinski definition) is 3. The smallest absolute Gasteiger partial charge is 0.356 e. The molecule has 0 spiro atoms. The van der Waals surface area contributed by atoms with E-state index in [0.29, 0.717) is 18.2 Å². The predicted octanol–water partition coefficient (Wildman–Crippen LogP) is 4.02. The summed E-state index contributed by atoms with van der Waals surface area (Å²) in [6.45, 7) is 6.48. The molecule has 1 N–H and O–H groups in total. The molecule has 108 valence electrons. The minimum Gasteiger partial charge on any atom is -0.461 e. The maximum absolute atomic E-state index is 11.8. The van der Waals surface area contributed by atoms with Crippen LogP contribution < -0.4 is 0 Å². The van der Waals surface area contributed by atoms with Crippen molar-refractivity contribution in [3.05, 3.63) is 41.7 Å². The number of carbonyl (C=O) groups is 1. The Labute approximate surface area is 123 Å². The van der Waals surface area contributed by atoms with E-state index < -0.39 is 0 Å². The van der Waals surface area contributed by atoms with Gasteiger partial charge in [0.05, 0.1) is 18.3 Å². The number of esters is 1. The van der Waals surface area contributed by atoms with Crippen molar-refractivity contribution in [3.8, 4) is 0 Å². The zero-order chi connectivity index (χ0) is 15.0. The Morgan fingerprint density at radius 1 is 1.24 bits per heavy atom. The van der Waals surface area contributed by atoms with Crippen LogP contribution in [0.3, 0.4) is 0 Å².